The largest absolute Gasteiger partial charge is 0.314 e. The lowest BCUT2D eigenvalue weighted by molar-refractivity contribution is 0.212. The maximum absolute atomic E-state index is 6.91. The fourth-order valence-corrected chi connectivity index (χ4v) is 1.62. The van der Waals surface area contributed by atoms with Gasteiger partial charge >= 0.3 is 0 Å². The van der Waals surface area contributed by atoms with Gasteiger partial charge in [0.05, 0.1) is 0 Å². The van der Waals surface area contributed by atoms with Crippen LogP contribution in [0.2, 0.25) is 0 Å². The normalized spacial score (nSPS) is 24.5. The van der Waals surface area contributed by atoms with Gasteiger partial charge in [-0.15, -0.1) is 0 Å². The summed E-state index contributed by atoms with van der Waals surface area (Å²) in [6, 6.07) is 0.240. The van der Waals surface area contributed by atoms with Crippen molar-refractivity contribution in [2.45, 2.75) is 25.8 Å². The van der Waals surface area contributed by atoms with Gasteiger partial charge in [-0.25, -0.2) is 6.57 Å². The number of nitrogens with zero attached hydrogens (tertiary/aromatic N) is 2. The van der Waals surface area contributed by atoms with Crippen LogP contribution in [0.25, 0.3) is 4.85 Å². The van der Waals surface area contributed by atoms with E-state index in [1.807, 2.05) is 6.92 Å². The Morgan fingerprint density at radius 2 is 2.00 bits per heavy atom. The Morgan fingerprint density at radius 1 is 1.45 bits per heavy atom. The minimum atomic E-state index is 0.240. The standard InChI is InChI=1S/C9H16N2/c1-8(10-2)9-4-6-11(3)7-5-9/h8-9H,4-7H2,1,3H3. The molecule has 0 amide bonds. The molecule has 1 saturated heterocycles. The van der Waals surface area contributed by atoms with Gasteiger partial charge in [0.1, 0.15) is 0 Å². The van der Waals surface area contributed by atoms with Crippen LogP contribution in [-0.4, -0.2) is 31.1 Å². The van der Waals surface area contributed by atoms with Crippen LogP contribution in [0.5, 0.6) is 0 Å². The minimum Gasteiger partial charge on any atom is -0.314 e. The summed E-state index contributed by atoms with van der Waals surface area (Å²) in [7, 11) is 2.15. The van der Waals surface area contributed by atoms with E-state index in [0.29, 0.717) is 5.92 Å². The molecule has 0 aromatic carbocycles. The summed E-state index contributed by atoms with van der Waals surface area (Å²) in [5, 5.41) is 0. The van der Waals surface area contributed by atoms with Crippen molar-refractivity contribution in [1.82, 2.24) is 4.90 Å². The monoisotopic (exact) mass is 152 g/mol. The van der Waals surface area contributed by atoms with Crippen LogP contribution in [0.1, 0.15) is 19.8 Å². The van der Waals surface area contributed by atoms with Crippen molar-refractivity contribution in [3.63, 3.8) is 0 Å². The third-order valence-electron chi connectivity index (χ3n) is 2.65. The van der Waals surface area contributed by atoms with Gasteiger partial charge < -0.3 is 9.74 Å². The molecule has 1 atom stereocenters. The predicted molar refractivity (Wildman–Crippen MR) is 46.3 cm³/mol. The first-order valence-corrected chi connectivity index (χ1v) is 4.29. The van der Waals surface area contributed by atoms with Crippen molar-refractivity contribution in [1.29, 1.82) is 0 Å². The van der Waals surface area contributed by atoms with E-state index >= 15 is 0 Å². The van der Waals surface area contributed by atoms with E-state index in [4.69, 9.17) is 6.57 Å². The fourth-order valence-electron chi connectivity index (χ4n) is 1.62. The predicted octanol–water partition coefficient (Wildman–Crippen LogP) is 1.64. The Labute approximate surface area is 69.0 Å². The third kappa shape index (κ3) is 2.20. The highest BCUT2D eigenvalue weighted by Crippen LogP contribution is 2.21. The van der Waals surface area contributed by atoms with Crippen molar-refractivity contribution < 1.29 is 0 Å². The molecular weight excluding hydrogens is 136 g/mol. The smallest absolute Gasteiger partial charge is 0.223 e. The van der Waals surface area contributed by atoms with Crippen molar-refractivity contribution in [2.75, 3.05) is 20.1 Å². The number of hydrogen-bond acceptors (Lipinski definition) is 1. The highest BCUT2D eigenvalue weighted by atomic mass is 15.1. The Balaban J connectivity index is 2.34. The zero-order valence-corrected chi connectivity index (χ0v) is 7.38. The van der Waals surface area contributed by atoms with Crippen molar-refractivity contribution in [3.05, 3.63) is 11.4 Å². The van der Waals surface area contributed by atoms with Gasteiger partial charge in [-0.05, 0) is 33.0 Å². The van der Waals surface area contributed by atoms with Gasteiger partial charge in [-0.2, -0.15) is 0 Å². The molecular formula is C9H16N2. The summed E-state index contributed by atoms with van der Waals surface area (Å²) in [5.41, 5.74) is 0. The second kappa shape index (κ2) is 3.73. The van der Waals surface area contributed by atoms with E-state index in [1.54, 1.807) is 0 Å². The lowest BCUT2D eigenvalue weighted by Crippen LogP contribution is -2.33. The zero-order valence-electron chi connectivity index (χ0n) is 7.38. The average Bonchev–Trinajstić information content (AvgIpc) is 2.05. The average molecular weight is 152 g/mol. The molecule has 0 aromatic heterocycles. The van der Waals surface area contributed by atoms with Crippen LogP contribution < -0.4 is 0 Å². The fraction of sp³-hybridized carbons (Fsp3) is 0.889. The lowest BCUT2D eigenvalue weighted by atomic mass is 9.91. The second-order valence-electron chi connectivity index (χ2n) is 3.51. The van der Waals surface area contributed by atoms with Gasteiger partial charge in [0, 0.05) is 12.8 Å². The molecule has 2 heteroatoms. The van der Waals surface area contributed by atoms with Gasteiger partial charge in [0.25, 0.3) is 0 Å². The molecule has 0 saturated carbocycles. The molecule has 1 fully saturated rings. The first-order chi connectivity index (χ1) is 5.24. The number of rotatable bonds is 1. The molecule has 1 aliphatic heterocycles. The molecule has 0 radical (unpaired) electrons. The van der Waals surface area contributed by atoms with Crippen molar-refractivity contribution in [2.24, 2.45) is 5.92 Å². The highest BCUT2D eigenvalue weighted by molar-refractivity contribution is 4.84. The minimum absolute atomic E-state index is 0.240. The maximum Gasteiger partial charge on any atom is 0.223 e. The first kappa shape index (κ1) is 8.55. The summed E-state index contributed by atoms with van der Waals surface area (Å²) >= 11 is 0. The van der Waals surface area contributed by atoms with Crippen LogP contribution in [0.15, 0.2) is 0 Å². The molecule has 11 heavy (non-hydrogen) atoms. The van der Waals surface area contributed by atoms with Gasteiger partial charge in [-0.1, -0.05) is 0 Å². The quantitative estimate of drug-likeness (QED) is 0.518. The molecule has 0 spiro atoms. The lowest BCUT2D eigenvalue weighted by Gasteiger charge is -2.28. The summed E-state index contributed by atoms with van der Waals surface area (Å²) in [6.07, 6.45) is 2.42. The molecule has 2 nitrogen and oxygen atoms in total. The molecule has 0 N–H and O–H groups in total. The second-order valence-corrected chi connectivity index (χ2v) is 3.51. The van der Waals surface area contributed by atoms with Crippen LogP contribution >= 0.6 is 0 Å². The molecule has 62 valence electrons. The molecule has 1 heterocycles. The number of piperidine rings is 1. The van der Waals surface area contributed by atoms with Crippen molar-refractivity contribution in [3.8, 4) is 0 Å². The Bertz CT molecular complexity index is 151. The van der Waals surface area contributed by atoms with Crippen molar-refractivity contribution >= 4 is 0 Å². The van der Waals surface area contributed by atoms with Gasteiger partial charge in [-0.3, -0.25) is 0 Å². The first-order valence-electron chi connectivity index (χ1n) is 4.29. The highest BCUT2D eigenvalue weighted by Gasteiger charge is 2.25. The summed E-state index contributed by atoms with van der Waals surface area (Å²) in [4.78, 5) is 5.91. The topological polar surface area (TPSA) is 7.60 Å². The van der Waals surface area contributed by atoms with Crippen LogP contribution in [0, 0.1) is 12.5 Å². The van der Waals surface area contributed by atoms with E-state index < -0.39 is 0 Å². The third-order valence-corrected chi connectivity index (χ3v) is 2.65. The van der Waals surface area contributed by atoms with E-state index in [9.17, 15) is 0 Å². The molecule has 1 aliphatic rings. The maximum atomic E-state index is 6.91. The molecule has 0 aliphatic carbocycles. The van der Waals surface area contributed by atoms with Gasteiger partial charge in [0.15, 0.2) is 0 Å². The Hall–Kier alpha value is -0.550. The zero-order chi connectivity index (χ0) is 8.27. The van der Waals surface area contributed by atoms with Crippen LogP contribution in [0.3, 0.4) is 0 Å². The summed E-state index contributed by atoms with van der Waals surface area (Å²) < 4.78 is 0. The van der Waals surface area contributed by atoms with Crippen LogP contribution in [0.4, 0.5) is 0 Å². The van der Waals surface area contributed by atoms with E-state index in [0.717, 1.165) is 0 Å². The van der Waals surface area contributed by atoms with E-state index in [-0.39, 0.29) is 6.04 Å². The molecule has 1 unspecified atom stereocenters. The Kier molecular flexibility index (Phi) is 2.90. The van der Waals surface area contributed by atoms with Crippen LogP contribution in [-0.2, 0) is 0 Å². The molecule has 0 aromatic rings. The Morgan fingerprint density at radius 3 is 2.45 bits per heavy atom. The number of likely N-dealkylation sites (tertiary alicyclic amines) is 1. The number of hydrogen-bond donors (Lipinski definition) is 0. The molecule has 1 rings (SSSR count). The molecule has 0 bridgehead atoms. The van der Waals surface area contributed by atoms with E-state index in [1.165, 1.54) is 25.9 Å². The van der Waals surface area contributed by atoms with E-state index in [2.05, 4.69) is 16.8 Å². The van der Waals surface area contributed by atoms with Gasteiger partial charge in [0.2, 0.25) is 6.04 Å². The summed E-state index contributed by atoms with van der Waals surface area (Å²) in [6.45, 7) is 11.3. The summed E-state index contributed by atoms with van der Waals surface area (Å²) in [5.74, 6) is 0.656. The SMILES string of the molecule is [C-]#[N+]C(C)C1CCN(C)CC1.